The number of aryl methyl sites for hydroxylation is 1. The van der Waals surface area contributed by atoms with Crippen LogP contribution >= 0.6 is 0 Å². The van der Waals surface area contributed by atoms with Crippen molar-refractivity contribution in [2.24, 2.45) is 0 Å². The molecule has 3 heterocycles. The number of hydrogen-bond donors (Lipinski definition) is 1. The first-order chi connectivity index (χ1) is 12.6. The van der Waals surface area contributed by atoms with E-state index in [2.05, 4.69) is 11.8 Å². The van der Waals surface area contributed by atoms with E-state index in [1.165, 1.54) is 12.8 Å². The largest absolute Gasteiger partial charge is 0.481 e. The second-order valence-corrected chi connectivity index (χ2v) is 7.48. The standard InChI is InChI=1S/C20H30N2O4/c1-2-17-15(14-21-10-5-6-11-21)13-18(26-17)20(25)22-12-4-3-7-16(22)8-9-19(23)24/h13,16H,2-12,14H2,1H3,(H,23,24). The fourth-order valence-corrected chi connectivity index (χ4v) is 4.19. The summed E-state index contributed by atoms with van der Waals surface area (Å²) in [6, 6.07) is 1.92. The summed E-state index contributed by atoms with van der Waals surface area (Å²) in [6.07, 6.45) is 6.77. The highest BCUT2D eigenvalue weighted by Crippen LogP contribution is 2.26. The quantitative estimate of drug-likeness (QED) is 0.806. The highest BCUT2D eigenvalue weighted by atomic mass is 16.4. The number of aliphatic carboxylic acids is 1. The van der Waals surface area contributed by atoms with Crippen LogP contribution in [0, 0.1) is 0 Å². The van der Waals surface area contributed by atoms with E-state index in [4.69, 9.17) is 9.52 Å². The van der Waals surface area contributed by atoms with Crippen molar-refractivity contribution in [2.45, 2.75) is 70.9 Å². The van der Waals surface area contributed by atoms with Gasteiger partial charge in [0.15, 0.2) is 5.76 Å². The molecule has 3 rings (SSSR count). The van der Waals surface area contributed by atoms with Gasteiger partial charge in [-0.2, -0.15) is 0 Å². The summed E-state index contributed by atoms with van der Waals surface area (Å²) in [5.41, 5.74) is 1.12. The van der Waals surface area contributed by atoms with Crippen molar-refractivity contribution < 1.29 is 19.1 Å². The zero-order valence-electron chi connectivity index (χ0n) is 15.7. The van der Waals surface area contributed by atoms with Crippen LogP contribution < -0.4 is 0 Å². The first-order valence-electron chi connectivity index (χ1n) is 9.95. The van der Waals surface area contributed by atoms with Gasteiger partial charge < -0.3 is 14.4 Å². The Morgan fingerprint density at radius 1 is 1.19 bits per heavy atom. The summed E-state index contributed by atoms with van der Waals surface area (Å²) in [7, 11) is 0. The number of hydrogen-bond acceptors (Lipinski definition) is 4. The van der Waals surface area contributed by atoms with Crippen molar-refractivity contribution in [2.75, 3.05) is 19.6 Å². The fourth-order valence-electron chi connectivity index (χ4n) is 4.19. The molecule has 1 unspecified atom stereocenters. The molecule has 0 radical (unpaired) electrons. The number of nitrogens with zero attached hydrogens (tertiary/aromatic N) is 2. The van der Waals surface area contributed by atoms with E-state index < -0.39 is 5.97 Å². The predicted octanol–water partition coefficient (Wildman–Crippen LogP) is 3.30. The molecule has 1 amide bonds. The van der Waals surface area contributed by atoms with Crippen molar-refractivity contribution >= 4 is 11.9 Å². The molecule has 0 aliphatic carbocycles. The first-order valence-corrected chi connectivity index (χ1v) is 9.95. The maximum Gasteiger partial charge on any atom is 0.303 e. The summed E-state index contributed by atoms with van der Waals surface area (Å²) >= 11 is 0. The Kier molecular flexibility index (Phi) is 6.35. The van der Waals surface area contributed by atoms with Crippen molar-refractivity contribution in [3.05, 3.63) is 23.2 Å². The predicted molar refractivity (Wildman–Crippen MR) is 98.1 cm³/mol. The minimum absolute atomic E-state index is 0.00422. The molecule has 1 N–H and O–H groups in total. The monoisotopic (exact) mass is 362 g/mol. The number of carbonyl (C=O) groups excluding carboxylic acids is 1. The van der Waals surface area contributed by atoms with E-state index in [1.54, 1.807) is 0 Å². The average molecular weight is 362 g/mol. The summed E-state index contributed by atoms with van der Waals surface area (Å²) in [5, 5.41) is 8.97. The van der Waals surface area contributed by atoms with E-state index in [-0.39, 0.29) is 18.4 Å². The Hall–Kier alpha value is -1.82. The van der Waals surface area contributed by atoms with E-state index >= 15 is 0 Å². The van der Waals surface area contributed by atoms with Crippen LogP contribution in [0.4, 0.5) is 0 Å². The van der Waals surface area contributed by atoms with Crippen molar-refractivity contribution in [3.63, 3.8) is 0 Å². The maximum atomic E-state index is 13.0. The second-order valence-electron chi connectivity index (χ2n) is 7.48. The van der Waals surface area contributed by atoms with Crippen molar-refractivity contribution in [3.8, 4) is 0 Å². The number of carbonyl (C=O) groups is 2. The van der Waals surface area contributed by atoms with Crippen LogP contribution in [0.2, 0.25) is 0 Å². The van der Waals surface area contributed by atoms with E-state index in [0.717, 1.165) is 56.6 Å². The third-order valence-electron chi connectivity index (χ3n) is 5.60. The smallest absolute Gasteiger partial charge is 0.303 e. The van der Waals surface area contributed by atoms with Crippen LogP contribution in [0.5, 0.6) is 0 Å². The number of rotatable bonds is 7. The molecule has 0 bridgehead atoms. The molecule has 2 fully saturated rings. The van der Waals surface area contributed by atoms with E-state index in [0.29, 0.717) is 18.7 Å². The number of piperidine rings is 1. The Balaban J connectivity index is 1.72. The van der Waals surface area contributed by atoms with Gasteiger partial charge in [-0.05, 0) is 57.7 Å². The van der Waals surface area contributed by atoms with E-state index in [1.807, 2.05) is 11.0 Å². The molecule has 0 saturated carbocycles. The first kappa shape index (κ1) is 19.0. The summed E-state index contributed by atoms with van der Waals surface area (Å²) in [4.78, 5) is 28.2. The molecule has 2 aliphatic heterocycles. The molecule has 1 aromatic rings. The number of carboxylic acid groups (broad SMARTS) is 1. The van der Waals surface area contributed by atoms with E-state index in [9.17, 15) is 9.59 Å². The van der Waals surface area contributed by atoms with Gasteiger partial charge in [-0.25, -0.2) is 0 Å². The lowest BCUT2D eigenvalue weighted by molar-refractivity contribution is -0.137. The van der Waals surface area contributed by atoms with Crippen LogP contribution in [-0.4, -0.2) is 52.5 Å². The van der Waals surface area contributed by atoms with Gasteiger partial charge >= 0.3 is 5.97 Å². The number of carboxylic acids is 1. The van der Waals surface area contributed by atoms with Crippen molar-refractivity contribution in [1.29, 1.82) is 0 Å². The number of amides is 1. The van der Waals surface area contributed by atoms with Crippen LogP contribution in [-0.2, 0) is 17.8 Å². The molecule has 26 heavy (non-hydrogen) atoms. The molecule has 0 spiro atoms. The van der Waals surface area contributed by atoms with Gasteiger partial charge in [0.2, 0.25) is 0 Å². The van der Waals surface area contributed by atoms with Gasteiger partial charge in [0.1, 0.15) is 5.76 Å². The minimum Gasteiger partial charge on any atom is -0.481 e. The van der Waals surface area contributed by atoms with Gasteiger partial charge in [-0.1, -0.05) is 6.92 Å². The lowest BCUT2D eigenvalue weighted by atomic mass is 9.97. The normalized spacial score (nSPS) is 21.3. The lowest BCUT2D eigenvalue weighted by Gasteiger charge is -2.35. The minimum atomic E-state index is -0.804. The second kappa shape index (κ2) is 8.71. The zero-order valence-corrected chi connectivity index (χ0v) is 15.7. The molecule has 144 valence electrons. The maximum absolute atomic E-state index is 13.0. The molecule has 2 saturated heterocycles. The molecule has 0 aromatic carbocycles. The number of furan rings is 1. The Morgan fingerprint density at radius 2 is 1.92 bits per heavy atom. The molecule has 1 aromatic heterocycles. The zero-order chi connectivity index (χ0) is 18.5. The van der Waals surface area contributed by atoms with Gasteiger partial charge in [-0.15, -0.1) is 0 Å². The van der Waals surface area contributed by atoms with Gasteiger partial charge in [-0.3, -0.25) is 14.5 Å². The van der Waals surface area contributed by atoms with Gasteiger partial charge in [0.05, 0.1) is 0 Å². The highest BCUT2D eigenvalue weighted by Gasteiger charge is 2.30. The fraction of sp³-hybridized carbons (Fsp3) is 0.700. The molecular weight excluding hydrogens is 332 g/mol. The Morgan fingerprint density at radius 3 is 2.62 bits per heavy atom. The Bertz CT molecular complexity index is 634. The summed E-state index contributed by atoms with van der Waals surface area (Å²) in [5.74, 6) is 0.433. The molecular formula is C20H30N2O4. The number of likely N-dealkylation sites (tertiary alicyclic amines) is 2. The van der Waals surface area contributed by atoms with Gasteiger partial charge in [0, 0.05) is 37.5 Å². The molecule has 6 nitrogen and oxygen atoms in total. The Labute approximate surface area is 155 Å². The molecule has 6 heteroatoms. The molecule has 1 atom stereocenters. The van der Waals surface area contributed by atoms with Crippen LogP contribution in [0.25, 0.3) is 0 Å². The third-order valence-corrected chi connectivity index (χ3v) is 5.60. The average Bonchev–Trinajstić information content (AvgIpc) is 3.29. The lowest BCUT2D eigenvalue weighted by Crippen LogP contribution is -2.43. The van der Waals surface area contributed by atoms with Crippen LogP contribution in [0.1, 0.15) is 73.7 Å². The summed E-state index contributed by atoms with van der Waals surface area (Å²) in [6.45, 7) is 5.81. The van der Waals surface area contributed by atoms with Crippen molar-refractivity contribution in [1.82, 2.24) is 9.80 Å². The van der Waals surface area contributed by atoms with Crippen LogP contribution in [0.3, 0.4) is 0 Å². The van der Waals surface area contributed by atoms with Gasteiger partial charge in [0.25, 0.3) is 5.91 Å². The molecule has 2 aliphatic rings. The SMILES string of the molecule is CCc1oc(C(=O)N2CCCCC2CCC(=O)O)cc1CN1CCCC1. The van der Waals surface area contributed by atoms with Crippen LogP contribution in [0.15, 0.2) is 10.5 Å². The summed E-state index contributed by atoms with van der Waals surface area (Å²) < 4.78 is 5.93. The third kappa shape index (κ3) is 4.47. The highest BCUT2D eigenvalue weighted by molar-refractivity contribution is 5.92. The topological polar surface area (TPSA) is 74.0 Å².